The Kier molecular flexibility index (Phi) is 7.40. The zero-order valence-electron chi connectivity index (χ0n) is 17.7. The van der Waals surface area contributed by atoms with Gasteiger partial charge < -0.3 is 9.47 Å². The number of aliphatic imine (C=N–C) groups is 1. The van der Waals surface area contributed by atoms with Crippen LogP contribution < -0.4 is 9.47 Å². The van der Waals surface area contributed by atoms with Crippen molar-refractivity contribution in [3.05, 3.63) is 127 Å². The number of nitrogens with zero attached hydrogens (tertiary/aromatic N) is 1. The molecule has 4 rings (SSSR count). The van der Waals surface area contributed by atoms with Gasteiger partial charge in [0.25, 0.3) is 0 Å². The summed E-state index contributed by atoms with van der Waals surface area (Å²) in [4.78, 5) is 5.96. The van der Waals surface area contributed by atoms with Crippen LogP contribution in [0, 0.1) is 0 Å². The van der Waals surface area contributed by atoms with E-state index in [1.165, 1.54) is 0 Å². The van der Waals surface area contributed by atoms with Crippen LogP contribution in [0.2, 0.25) is 0 Å². The first-order valence-electron chi connectivity index (χ1n) is 10.3. The molecule has 0 N–H and O–H groups in total. The van der Waals surface area contributed by atoms with Gasteiger partial charge in [0, 0.05) is 10.5 Å². The normalized spacial score (nSPS) is 11.8. The van der Waals surface area contributed by atoms with Crippen LogP contribution in [0.25, 0.3) is 0 Å². The predicted molar refractivity (Wildman–Crippen MR) is 133 cm³/mol. The van der Waals surface area contributed by atoms with Crippen LogP contribution in [-0.4, -0.2) is 5.04 Å². The van der Waals surface area contributed by atoms with E-state index in [9.17, 15) is 0 Å². The molecule has 3 nitrogen and oxygen atoms in total. The monoisotopic (exact) mass is 437 g/mol. The highest BCUT2D eigenvalue weighted by atomic mass is 32.2. The number of thioether (sulfide) groups is 1. The van der Waals surface area contributed by atoms with Crippen LogP contribution in [0.1, 0.15) is 6.92 Å². The van der Waals surface area contributed by atoms with Crippen molar-refractivity contribution in [2.24, 2.45) is 4.99 Å². The minimum atomic E-state index is 0.730. The molecule has 158 valence electrons. The summed E-state index contributed by atoms with van der Waals surface area (Å²) in [7, 11) is 0. The van der Waals surface area contributed by atoms with Crippen molar-refractivity contribution in [3.8, 4) is 17.2 Å². The summed E-state index contributed by atoms with van der Waals surface area (Å²) >= 11 is 1.61. The first-order chi connectivity index (χ1) is 15.8. The Bertz CT molecular complexity index is 1170. The number of para-hydroxylation sites is 2. The fourth-order valence-corrected chi connectivity index (χ4v) is 3.71. The first kappa shape index (κ1) is 21.5. The molecule has 0 aliphatic rings. The number of benzene rings is 4. The van der Waals surface area contributed by atoms with E-state index in [0.29, 0.717) is 0 Å². The molecule has 0 atom stereocenters. The van der Waals surface area contributed by atoms with Crippen LogP contribution in [0.3, 0.4) is 0 Å². The van der Waals surface area contributed by atoms with Gasteiger partial charge in [-0.05, 0) is 67.6 Å². The Balaban J connectivity index is 1.48. The van der Waals surface area contributed by atoms with Gasteiger partial charge in [-0.1, -0.05) is 66.4 Å². The predicted octanol–water partition coefficient (Wildman–Crippen LogP) is 8.28. The second-order valence-electron chi connectivity index (χ2n) is 6.97. The molecule has 0 spiro atoms. The van der Waals surface area contributed by atoms with Gasteiger partial charge in [-0.3, -0.25) is 0 Å². The molecule has 0 saturated heterocycles. The minimum Gasteiger partial charge on any atom is -0.465 e. The molecule has 0 saturated carbocycles. The average molecular weight is 438 g/mol. The fraction of sp³-hybridized carbons (Fsp3) is 0.0357. The topological polar surface area (TPSA) is 30.8 Å². The summed E-state index contributed by atoms with van der Waals surface area (Å²) in [5.74, 6) is 2.29. The lowest BCUT2D eigenvalue weighted by Crippen LogP contribution is -1.97. The van der Waals surface area contributed by atoms with E-state index in [1.54, 1.807) is 18.0 Å². The van der Waals surface area contributed by atoms with Crippen molar-refractivity contribution in [3.63, 3.8) is 0 Å². The molecular formula is C28H23NO2S. The van der Waals surface area contributed by atoms with E-state index in [2.05, 4.69) is 12.1 Å². The molecule has 0 unspecified atom stereocenters. The highest BCUT2D eigenvalue weighted by Crippen LogP contribution is 2.27. The van der Waals surface area contributed by atoms with Crippen molar-refractivity contribution < 1.29 is 9.47 Å². The van der Waals surface area contributed by atoms with Crippen LogP contribution in [0.5, 0.6) is 17.2 Å². The SMILES string of the molecule is CC(=COc1ccc(Oc2ccccc2)cc1)/C(=N\c1ccccc1)Sc1ccccc1. The third-order valence-electron chi connectivity index (χ3n) is 4.46. The molecule has 0 bridgehead atoms. The maximum Gasteiger partial charge on any atom is 0.127 e. The Morgan fingerprint density at radius 3 is 1.84 bits per heavy atom. The summed E-state index contributed by atoms with van der Waals surface area (Å²) in [5.41, 5.74) is 1.84. The van der Waals surface area contributed by atoms with Crippen LogP contribution in [0.4, 0.5) is 5.69 Å². The summed E-state index contributed by atoms with van der Waals surface area (Å²) in [6.07, 6.45) is 1.74. The zero-order valence-corrected chi connectivity index (χ0v) is 18.5. The van der Waals surface area contributed by atoms with E-state index in [-0.39, 0.29) is 0 Å². The smallest absolute Gasteiger partial charge is 0.127 e. The number of ether oxygens (including phenoxy) is 2. The van der Waals surface area contributed by atoms with Gasteiger partial charge in [0.15, 0.2) is 0 Å². The van der Waals surface area contributed by atoms with Crippen molar-refractivity contribution in [2.75, 3.05) is 0 Å². The molecular weight excluding hydrogens is 414 g/mol. The van der Waals surface area contributed by atoms with Crippen LogP contribution in [-0.2, 0) is 0 Å². The lowest BCUT2D eigenvalue weighted by Gasteiger charge is -2.09. The molecule has 0 aliphatic heterocycles. The second kappa shape index (κ2) is 11.0. The van der Waals surface area contributed by atoms with Gasteiger partial charge in [0.1, 0.15) is 22.3 Å². The van der Waals surface area contributed by atoms with Crippen LogP contribution in [0.15, 0.2) is 137 Å². The van der Waals surface area contributed by atoms with Gasteiger partial charge in [-0.15, -0.1) is 0 Å². The third-order valence-corrected chi connectivity index (χ3v) is 5.57. The van der Waals surface area contributed by atoms with Crippen LogP contribution >= 0.6 is 11.8 Å². The molecule has 4 aromatic carbocycles. The maximum atomic E-state index is 5.92. The Morgan fingerprint density at radius 2 is 1.19 bits per heavy atom. The molecule has 0 heterocycles. The summed E-state index contributed by atoms with van der Waals surface area (Å²) in [6, 6.07) is 37.4. The first-order valence-corrected chi connectivity index (χ1v) is 11.1. The average Bonchev–Trinajstić information content (AvgIpc) is 2.85. The fourth-order valence-electron chi connectivity index (χ4n) is 2.83. The van der Waals surface area contributed by atoms with E-state index in [1.807, 2.05) is 110 Å². The molecule has 0 radical (unpaired) electrons. The molecule has 0 amide bonds. The van der Waals surface area contributed by atoms with E-state index >= 15 is 0 Å². The maximum absolute atomic E-state index is 5.92. The summed E-state index contributed by atoms with van der Waals surface area (Å²) < 4.78 is 11.8. The third kappa shape index (κ3) is 6.37. The minimum absolute atomic E-state index is 0.730. The lowest BCUT2D eigenvalue weighted by molar-refractivity contribution is 0.467. The highest BCUT2D eigenvalue weighted by Gasteiger charge is 2.07. The van der Waals surface area contributed by atoms with Gasteiger partial charge in [-0.25, -0.2) is 4.99 Å². The highest BCUT2D eigenvalue weighted by molar-refractivity contribution is 8.14. The van der Waals surface area contributed by atoms with E-state index in [4.69, 9.17) is 14.5 Å². The Labute approximate surface area is 193 Å². The Hall–Kier alpha value is -3.76. The molecule has 32 heavy (non-hydrogen) atoms. The zero-order chi connectivity index (χ0) is 22.0. The van der Waals surface area contributed by atoms with E-state index in [0.717, 1.165) is 38.4 Å². The summed E-state index contributed by atoms with van der Waals surface area (Å²) in [6.45, 7) is 2.00. The molecule has 4 heteroatoms. The van der Waals surface area contributed by atoms with Crippen molar-refractivity contribution in [1.29, 1.82) is 0 Å². The molecule has 0 aliphatic carbocycles. The van der Waals surface area contributed by atoms with Gasteiger partial charge in [-0.2, -0.15) is 0 Å². The van der Waals surface area contributed by atoms with Gasteiger partial charge >= 0.3 is 0 Å². The lowest BCUT2D eigenvalue weighted by atomic mass is 10.3. The second-order valence-corrected chi connectivity index (χ2v) is 8.04. The Morgan fingerprint density at radius 1 is 0.656 bits per heavy atom. The van der Waals surface area contributed by atoms with Crippen molar-refractivity contribution in [2.45, 2.75) is 11.8 Å². The quantitative estimate of drug-likeness (QED) is 0.126. The molecule has 0 aromatic heterocycles. The van der Waals surface area contributed by atoms with Crippen molar-refractivity contribution in [1.82, 2.24) is 0 Å². The number of hydrogen-bond donors (Lipinski definition) is 0. The van der Waals surface area contributed by atoms with Gasteiger partial charge in [0.05, 0.1) is 11.9 Å². The van der Waals surface area contributed by atoms with Gasteiger partial charge in [0.2, 0.25) is 0 Å². The number of hydrogen-bond acceptors (Lipinski definition) is 4. The standard InChI is InChI=1S/C28H23NO2S/c1-22(21-30-24-17-19-26(20-18-24)31-25-13-7-3-8-14-25)28(29-23-11-5-2-6-12-23)32-27-15-9-4-10-16-27/h2-21H,1H3/b22-21?,29-28+. The molecule has 4 aromatic rings. The molecule has 0 fully saturated rings. The summed E-state index contributed by atoms with van der Waals surface area (Å²) in [5, 5.41) is 0.881. The number of rotatable bonds is 7. The van der Waals surface area contributed by atoms with Crippen molar-refractivity contribution >= 4 is 22.5 Å². The largest absolute Gasteiger partial charge is 0.465 e. The van der Waals surface area contributed by atoms with E-state index < -0.39 is 0 Å².